The highest BCUT2D eigenvalue weighted by Gasteiger charge is 2.11. The average Bonchev–Trinajstić information content (AvgIpc) is 2.34. The van der Waals surface area contributed by atoms with Gasteiger partial charge in [0.2, 0.25) is 0 Å². The molecule has 0 aliphatic rings. The van der Waals surface area contributed by atoms with E-state index in [1.807, 2.05) is 24.3 Å². The first-order valence-electron chi connectivity index (χ1n) is 6.91. The zero-order valence-electron chi connectivity index (χ0n) is 13.3. The van der Waals surface area contributed by atoms with E-state index in [2.05, 4.69) is 15.4 Å². The molecule has 0 aliphatic carbocycles. The predicted molar refractivity (Wildman–Crippen MR) is 92.6 cm³/mol. The van der Waals surface area contributed by atoms with Gasteiger partial charge >= 0.3 is 14.1 Å². The summed E-state index contributed by atoms with van der Waals surface area (Å²) in [5.74, 6) is 0.250. The quantitative estimate of drug-likeness (QED) is 0.272. The van der Waals surface area contributed by atoms with E-state index in [-0.39, 0.29) is 12.6 Å². The first-order valence-corrected chi connectivity index (χ1v) is 9.43. The summed E-state index contributed by atoms with van der Waals surface area (Å²) >= 11 is 0. The van der Waals surface area contributed by atoms with Crippen LogP contribution in [-0.4, -0.2) is 43.4 Å². The number of hydrogen-bond acceptors (Lipinski definition) is 5. The first kappa shape index (κ1) is 18.8. The lowest BCUT2D eigenvalue weighted by atomic mass is 9.88. The molecule has 4 N–H and O–H groups in total. The highest BCUT2D eigenvalue weighted by Crippen LogP contribution is 2.38. The number of benzene rings is 1. The van der Waals surface area contributed by atoms with Crippen molar-refractivity contribution in [2.24, 2.45) is 4.90 Å². The van der Waals surface area contributed by atoms with Gasteiger partial charge in [-0.15, -0.1) is 0 Å². The van der Waals surface area contributed by atoms with Gasteiger partial charge in [-0.25, -0.2) is 0 Å². The van der Waals surface area contributed by atoms with Crippen molar-refractivity contribution in [3.05, 3.63) is 29.8 Å². The van der Waals surface area contributed by atoms with E-state index < -0.39 is 21.5 Å². The van der Waals surface area contributed by atoms with Crippen molar-refractivity contribution in [3.8, 4) is 0 Å². The SMILES string of the molecule is CB(O)/N=C(/NB(C)O)Nc1cccc(COP(C)(C)=O)c1. The molecule has 0 fully saturated rings. The minimum Gasteiger partial charge on any atom is -0.433 e. The maximum absolute atomic E-state index is 11.6. The van der Waals surface area contributed by atoms with E-state index in [0.717, 1.165) is 5.56 Å². The summed E-state index contributed by atoms with van der Waals surface area (Å²) in [6.07, 6.45) is 0. The van der Waals surface area contributed by atoms with Gasteiger partial charge in [-0.1, -0.05) is 12.1 Å². The molecule has 0 radical (unpaired) electrons. The number of hydrogen-bond donors (Lipinski definition) is 4. The summed E-state index contributed by atoms with van der Waals surface area (Å²) in [5.41, 5.74) is 1.55. The summed E-state index contributed by atoms with van der Waals surface area (Å²) in [5, 5.41) is 24.4. The minimum atomic E-state index is -2.53. The molecule has 0 heterocycles. The predicted octanol–water partition coefficient (Wildman–Crippen LogP) is 1.32. The van der Waals surface area contributed by atoms with Crippen LogP contribution in [0.3, 0.4) is 0 Å². The van der Waals surface area contributed by atoms with Gasteiger partial charge < -0.3 is 25.1 Å². The Morgan fingerprint density at radius 1 is 1.36 bits per heavy atom. The molecule has 0 unspecified atom stereocenters. The van der Waals surface area contributed by atoms with Crippen LogP contribution in [0.2, 0.25) is 13.6 Å². The zero-order valence-corrected chi connectivity index (χ0v) is 14.2. The van der Waals surface area contributed by atoms with Crippen molar-refractivity contribution in [2.75, 3.05) is 18.6 Å². The van der Waals surface area contributed by atoms with Gasteiger partial charge in [0.05, 0.1) is 6.61 Å². The Labute approximate surface area is 131 Å². The monoisotopic (exact) mass is 325 g/mol. The van der Waals surface area contributed by atoms with Crippen LogP contribution < -0.4 is 10.5 Å². The molecular weight excluding hydrogens is 303 g/mol. The van der Waals surface area contributed by atoms with E-state index in [0.29, 0.717) is 5.69 Å². The number of nitrogens with zero attached hydrogens (tertiary/aromatic N) is 1. The van der Waals surface area contributed by atoms with E-state index in [9.17, 15) is 14.6 Å². The fraction of sp³-hybridized carbons (Fsp3) is 0.417. The average molecular weight is 325 g/mol. The molecular formula is C12H22B2N3O4P. The van der Waals surface area contributed by atoms with Crippen molar-refractivity contribution in [1.29, 1.82) is 0 Å². The molecule has 10 heteroatoms. The van der Waals surface area contributed by atoms with Crippen molar-refractivity contribution in [2.45, 2.75) is 20.3 Å². The van der Waals surface area contributed by atoms with Crippen molar-refractivity contribution in [1.82, 2.24) is 5.23 Å². The highest BCUT2D eigenvalue weighted by atomic mass is 31.2. The Bertz CT molecular complexity index is 563. The molecule has 0 aromatic heterocycles. The second-order valence-electron chi connectivity index (χ2n) is 5.28. The van der Waals surface area contributed by atoms with Gasteiger partial charge in [0.15, 0.2) is 13.3 Å². The molecule has 0 aliphatic heterocycles. The molecule has 0 saturated carbocycles. The number of anilines is 1. The molecule has 1 aromatic carbocycles. The van der Waals surface area contributed by atoms with Crippen molar-refractivity contribution < 1.29 is 19.1 Å². The molecule has 0 spiro atoms. The maximum Gasteiger partial charge on any atom is 0.431 e. The normalized spacial score (nSPS) is 12.0. The molecule has 1 rings (SSSR count). The summed E-state index contributed by atoms with van der Waals surface area (Å²) in [7, 11) is -4.26. The van der Waals surface area contributed by atoms with Crippen LogP contribution in [0.4, 0.5) is 5.69 Å². The van der Waals surface area contributed by atoms with Crippen molar-refractivity contribution in [3.63, 3.8) is 0 Å². The minimum absolute atomic E-state index is 0.243. The van der Waals surface area contributed by atoms with Gasteiger partial charge in [0, 0.05) is 19.0 Å². The largest absolute Gasteiger partial charge is 0.433 e. The standard InChI is InChI=1S/C12H22B2N3O4P/c1-13(18)16-12(17-14(2)19)15-11-7-5-6-10(8-11)9-21-22(3,4)20/h5-8,18-19H,9H2,1-4H3,(H2,15,16,17). The number of guanidine groups is 1. The van der Waals surface area contributed by atoms with Crippen LogP contribution in [-0.2, 0) is 15.7 Å². The lowest BCUT2D eigenvalue weighted by Crippen LogP contribution is -2.41. The Kier molecular flexibility index (Phi) is 7.16. The van der Waals surface area contributed by atoms with Gasteiger partial charge in [-0.05, 0) is 31.3 Å². The van der Waals surface area contributed by atoms with Crippen LogP contribution >= 0.6 is 7.37 Å². The molecule has 1 aromatic rings. The second-order valence-corrected chi connectivity index (χ2v) is 8.04. The second kappa shape index (κ2) is 8.39. The van der Waals surface area contributed by atoms with Gasteiger partial charge in [0.1, 0.15) is 0 Å². The summed E-state index contributed by atoms with van der Waals surface area (Å²) in [4.78, 5) is 3.94. The summed E-state index contributed by atoms with van der Waals surface area (Å²) < 4.78 is 16.9. The molecule has 0 bridgehead atoms. The van der Waals surface area contributed by atoms with E-state index >= 15 is 0 Å². The molecule has 7 nitrogen and oxygen atoms in total. The molecule has 120 valence electrons. The Balaban J connectivity index is 2.81. The van der Waals surface area contributed by atoms with Crippen LogP contribution in [0.15, 0.2) is 29.2 Å². The third-order valence-corrected chi connectivity index (χ3v) is 3.14. The number of rotatable bonds is 6. The maximum atomic E-state index is 11.6. The lowest BCUT2D eigenvalue weighted by molar-refractivity contribution is 0.310. The first-order chi connectivity index (χ1) is 10.2. The van der Waals surface area contributed by atoms with E-state index in [1.54, 1.807) is 20.2 Å². The third kappa shape index (κ3) is 8.24. The lowest BCUT2D eigenvalue weighted by Gasteiger charge is -2.14. The highest BCUT2D eigenvalue weighted by molar-refractivity contribution is 7.57. The van der Waals surface area contributed by atoms with Gasteiger partial charge in [-0.2, -0.15) is 0 Å². The van der Waals surface area contributed by atoms with Crippen LogP contribution in [0, 0.1) is 0 Å². The van der Waals surface area contributed by atoms with Crippen LogP contribution in [0.1, 0.15) is 5.56 Å². The topological polar surface area (TPSA) is 103 Å². The number of nitrogens with one attached hydrogen (secondary N) is 2. The Morgan fingerprint density at radius 2 is 2.05 bits per heavy atom. The fourth-order valence-corrected chi connectivity index (χ4v) is 2.06. The van der Waals surface area contributed by atoms with Gasteiger partial charge in [-0.3, -0.25) is 9.47 Å². The van der Waals surface area contributed by atoms with Crippen LogP contribution in [0.5, 0.6) is 0 Å². The molecule has 0 atom stereocenters. The van der Waals surface area contributed by atoms with E-state index in [4.69, 9.17) is 4.52 Å². The molecule has 22 heavy (non-hydrogen) atoms. The van der Waals surface area contributed by atoms with Crippen molar-refractivity contribution >= 4 is 33.1 Å². The fourth-order valence-electron chi connectivity index (χ4n) is 1.60. The van der Waals surface area contributed by atoms with Crippen LogP contribution in [0.25, 0.3) is 0 Å². The summed E-state index contributed by atoms with van der Waals surface area (Å²) in [6.45, 7) is 6.43. The van der Waals surface area contributed by atoms with Gasteiger partial charge in [0.25, 0.3) is 0 Å². The Hall–Kier alpha value is -1.27. The summed E-state index contributed by atoms with van der Waals surface area (Å²) in [6, 6.07) is 7.30. The zero-order chi connectivity index (χ0) is 16.8. The third-order valence-electron chi connectivity index (χ3n) is 2.39. The van der Waals surface area contributed by atoms with E-state index in [1.165, 1.54) is 6.82 Å². The smallest absolute Gasteiger partial charge is 0.431 e. The molecule has 0 saturated heterocycles. The molecule has 0 amide bonds. The Morgan fingerprint density at radius 3 is 2.59 bits per heavy atom.